The van der Waals surface area contributed by atoms with Crippen LogP contribution in [-0.2, 0) is 11.2 Å². The van der Waals surface area contributed by atoms with Gasteiger partial charge in [-0.25, -0.2) is 4.98 Å². The Balaban J connectivity index is 1.87. The summed E-state index contributed by atoms with van der Waals surface area (Å²) in [5.74, 6) is -0.335. The van der Waals surface area contributed by atoms with Crippen molar-refractivity contribution in [3.8, 4) is 0 Å². The zero-order valence-electron chi connectivity index (χ0n) is 12.5. The fourth-order valence-corrected chi connectivity index (χ4v) is 2.59. The molecule has 0 radical (unpaired) electrons. The fraction of sp³-hybridized carbons (Fsp3) is 0.267. The largest absolute Gasteiger partial charge is 0.365 e. The van der Waals surface area contributed by atoms with E-state index in [-0.39, 0.29) is 11.8 Å². The number of benzene rings is 1. The van der Waals surface area contributed by atoms with Crippen molar-refractivity contribution in [2.75, 3.05) is 24.2 Å². The molecule has 0 bridgehead atoms. The Morgan fingerprint density at radius 1 is 1.32 bits per heavy atom. The molecule has 116 valence electrons. The quantitative estimate of drug-likeness (QED) is 0.762. The molecule has 7 heteroatoms. The number of anilines is 2. The average Bonchev–Trinajstić information content (AvgIpc) is 2.94. The van der Waals surface area contributed by atoms with Gasteiger partial charge in [0.2, 0.25) is 5.91 Å². The van der Waals surface area contributed by atoms with E-state index in [2.05, 4.69) is 20.9 Å². The van der Waals surface area contributed by atoms with Gasteiger partial charge in [-0.3, -0.25) is 9.59 Å². The summed E-state index contributed by atoms with van der Waals surface area (Å²) in [6.45, 7) is 1.94. The van der Waals surface area contributed by atoms with Crippen LogP contribution in [0.2, 0.25) is 0 Å². The Labute approximate surface area is 133 Å². The van der Waals surface area contributed by atoms with Gasteiger partial charge in [0.25, 0.3) is 5.91 Å². The number of nitrogens with one attached hydrogen (secondary N) is 3. The molecular formula is C15H18N4O2S. The van der Waals surface area contributed by atoms with E-state index in [1.807, 2.05) is 12.4 Å². The van der Waals surface area contributed by atoms with Gasteiger partial charge in [-0.2, -0.15) is 0 Å². The van der Waals surface area contributed by atoms with Crippen molar-refractivity contribution < 1.29 is 9.59 Å². The summed E-state index contributed by atoms with van der Waals surface area (Å²) in [5.41, 5.74) is 2.07. The number of hydrogen-bond donors (Lipinski definition) is 3. The molecule has 0 fully saturated rings. The van der Waals surface area contributed by atoms with Gasteiger partial charge in [-0.15, -0.1) is 11.3 Å². The highest BCUT2D eigenvalue weighted by atomic mass is 32.1. The van der Waals surface area contributed by atoms with E-state index >= 15 is 0 Å². The van der Waals surface area contributed by atoms with E-state index in [1.165, 1.54) is 18.3 Å². The minimum atomic E-state index is -0.170. The molecular weight excluding hydrogens is 300 g/mol. The fourth-order valence-electron chi connectivity index (χ4n) is 1.88. The minimum Gasteiger partial charge on any atom is -0.365 e. The normalized spacial score (nSPS) is 10.1. The van der Waals surface area contributed by atoms with Crippen molar-refractivity contribution in [1.29, 1.82) is 0 Å². The molecule has 0 aliphatic heterocycles. The molecule has 2 rings (SSSR count). The first kappa shape index (κ1) is 16.0. The summed E-state index contributed by atoms with van der Waals surface area (Å²) < 4.78 is 0. The summed E-state index contributed by atoms with van der Waals surface area (Å²) in [6.07, 6.45) is 0.676. The standard InChI is InChI=1S/C15H18N4O2S/c1-10(20)18-12-5-3-4-11(8-12)14(21)17-7-6-13-9-22-15(16-2)19-13/h3-5,8-9H,6-7H2,1-2H3,(H,16,19)(H,17,21)(H,18,20). The maximum atomic E-state index is 12.1. The third kappa shape index (κ3) is 4.56. The lowest BCUT2D eigenvalue weighted by Gasteiger charge is -2.07. The monoisotopic (exact) mass is 318 g/mol. The van der Waals surface area contributed by atoms with Gasteiger partial charge in [-0.1, -0.05) is 6.07 Å². The molecule has 0 saturated heterocycles. The van der Waals surface area contributed by atoms with E-state index in [0.29, 0.717) is 24.2 Å². The summed E-state index contributed by atoms with van der Waals surface area (Å²) in [4.78, 5) is 27.5. The minimum absolute atomic E-state index is 0.165. The molecule has 0 aliphatic rings. The van der Waals surface area contributed by atoms with Crippen molar-refractivity contribution in [2.24, 2.45) is 0 Å². The molecule has 2 aromatic rings. The lowest BCUT2D eigenvalue weighted by molar-refractivity contribution is -0.114. The third-order valence-electron chi connectivity index (χ3n) is 2.88. The van der Waals surface area contributed by atoms with Crippen LogP contribution in [0.5, 0.6) is 0 Å². The summed E-state index contributed by atoms with van der Waals surface area (Å²) in [5, 5.41) is 11.3. The highest BCUT2D eigenvalue weighted by Crippen LogP contribution is 2.14. The first-order valence-electron chi connectivity index (χ1n) is 6.86. The van der Waals surface area contributed by atoms with Gasteiger partial charge in [0, 0.05) is 43.6 Å². The second kappa shape index (κ2) is 7.56. The molecule has 3 N–H and O–H groups in total. The van der Waals surface area contributed by atoms with E-state index < -0.39 is 0 Å². The maximum absolute atomic E-state index is 12.1. The SMILES string of the molecule is CNc1nc(CCNC(=O)c2cccc(NC(C)=O)c2)cs1. The smallest absolute Gasteiger partial charge is 0.251 e. The van der Waals surface area contributed by atoms with Crippen LogP contribution in [0.4, 0.5) is 10.8 Å². The number of hydrogen-bond acceptors (Lipinski definition) is 5. The van der Waals surface area contributed by atoms with Crippen molar-refractivity contribution in [2.45, 2.75) is 13.3 Å². The first-order valence-corrected chi connectivity index (χ1v) is 7.74. The lowest BCUT2D eigenvalue weighted by Crippen LogP contribution is -2.25. The van der Waals surface area contributed by atoms with Crippen LogP contribution in [-0.4, -0.2) is 30.4 Å². The Hall–Kier alpha value is -2.41. The van der Waals surface area contributed by atoms with E-state index in [1.54, 1.807) is 24.3 Å². The van der Waals surface area contributed by atoms with Gasteiger partial charge in [0.15, 0.2) is 5.13 Å². The van der Waals surface area contributed by atoms with Gasteiger partial charge in [-0.05, 0) is 18.2 Å². The van der Waals surface area contributed by atoms with Crippen LogP contribution in [0.1, 0.15) is 23.0 Å². The molecule has 0 aliphatic carbocycles. The van der Waals surface area contributed by atoms with Crippen LogP contribution >= 0.6 is 11.3 Å². The van der Waals surface area contributed by atoms with E-state index in [0.717, 1.165) is 10.8 Å². The lowest BCUT2D eigenvalue weighted by atomic mass is 10.2. The number of rotatable bonds is 6. The highest BCUT2D eigenvalue weighted by molar-refractivity contribution is 7.13. The topological polar surface area (TPSA) is 83.1 Å². The number of carbonyl (C=O) groups excluding carboxylic acids is 2. The Kier molecular flexibility index (Phi) is 5.48. The van der Waals surface area contributed by atoms with Gasteiger partial charge in [0.1, 0.15) is 0 Å². The summed E-state index contributed by atoms with van der Waals surface area (Å²) in [7, 11) is 1.83. The molecule has 1 aromatic carbocycles. The molecule has 6 nitrogen and oxygen atoms in total. The molecule has 0 spiro atoms. The Bertz CT molecular complexity index is 669. The number of thiazole rings is 1. The average molecular weight is 318 g/mol. The summed E-state index contributed by atoms with van der Waals surface area (Å²) >= 11 is 1.54. The van der Waals surface area contributed by atoms with Gasteiger partial charge < -0.3 is 16.0 Å². The van der Waals surface area contributed by atoms with Gasteiger partial charge >= 0.3 is 0 Å². The van der Waals surface area contributed by atoms with E-state index in [9.17, 15) is 9.59 Å². The molecule has 1 aromatic heterocycles. The third-order valence-corrected chi connectivity index (χ3v) is 3.79. The zero-order valence-corrected chi connectivity index (χ0v) is 13.3. The number of carbonyl (C=O) groups is 2. The second-order valence-corrected chi connectivity index (χ2v) is 5.52. The molecule has 0 atom stereocenters. The number of nitrogens with zero attached hydrogens (tertiary/aromatic N) is 1. The second-order valence-electron chi connectivity index (χ2n) is 4.66. The first-order chi connectivity index (χ1) is 10.6. The van der Waals surface area contributed by atoms with Crippen LogP contribution in [0.3, 0.4) is 0 Å². The maximum Gasteiger partial charge on any atom is 0.251 e. The molecule has 22 heavy (non-hydrogen) atoms. The summed E-state index contributed by atoms with van der Waals surface area (Å²) in [6, 6.07) is 6.84. The van der Waals surface area contributed by atoms with Crippen LogP contribution in [0, 0.1) is 0 Å². The van der Waals surface area contributed by atoms with Crippen molar-refractivity contribution in [3.05, 3.63) is 40.9 Å². The van der Waals surface area contributed by atoms with Crippen LogP contribution in [0.15, 0.2) is 29.6 Å². The van der Waals surface area contributed by atoms with Crippen molar-refractivity contribution in [3.63, 3.8) is 0 Å². The Morgan fingerprint density at radius 2 is 2.14 bits per heavy atom. The molecule has 0 unspecified atom stereocenters. The van der Waals surface area contributed by atoms with Gasteiger partial charge in [0.05, 0.1) is 5.69 Å². The predicted molar refractivity (Wildman–Crippen MR) is 88.4 cm³/mol. The zero-order chi connectivity index (χ0) is 15.9. The molecule has 2 amide bonds. The molecule has 1 heterocycles. The van der Waals surface area contributed by atoms with Crippen LogP contribution < -0.4 is 16.0 Å². The van der Waals surface area contributed by atoms with Crippen LogP contribution in [0.25, 0.3) is 0 Å². The highest BCUT2D eigenvalue weighted by Gasteiger charge is 2.07. The van der Waals surface area contributed by atoms with Crippen molar-refractivity contribution >= 4 is 34.0 Å². The number of aromatic nitrogens is 1. The van der Waals surface area contributed by atoms with Crippen molar-refractivity contribution in [1.82, 2.24) is 10.3 Å². The van der Waals surface area contributed by atoms with E-state index in [4.69, 9.17) is 0 Å². The Morgan fingerprint density at radius 3 is 2.82 bits per heavy atom. The molecule has 0 saturated carbocycles. The number of amides is 2. The predicted octanol–water partition coefficient (Wildman–Crippen LogP) is 2.12.